The predicted octanol–water partition coefficient (Wildman–Crippen LogP) is 14.5. The van der Waals surface area contributed by atoms with Gasteiger partial charge >= 0.3 is 19.8 Å². The molecule has 1 N–H and O–H groups in total. The van der Waals surface area contributed by atoms with Gasteiger partial charge in [-0.25, -0.2) is 4.57 Å². The van der Waals surface area contributed by atoms with E-state index in [0.717, 1.165) is 57.8 Å². The second-order valence-corrected chi connectivity index (χ2v) is 19.3. The zero-order chi connectivity index (χ0) is 44.3. The fourth-order valence-corrected chi connectivity index (χ4v) is 7.64. The molecule has 0 aromatic carbocycles. The van der Waals surface area contributed by atoms with E-state index in [0.29, 0.717) is 17.4 Å². The van der Waals surface area contributed by atoms with Gasteiger partial charge in [0.25, 0.3) is 0 Å². The van der Waals surface area contributed by atoms with Crippen molar-refractivity contribution in [1.29, 1.82) is 0 Å². The third kappa shape index (κ3) is 45.7. The zero-order valence-corrected chi connectivity index (χ0v) is 40.6. The van der Waals surface area contributed by atoms with Crippen LogP contribution in [-0.2, 0) is 32.7 Å². The van der Waals surface area contributed by atoms with Crippen molar-refractivity contribution in [2.45, 2.75) is 225 Å². The number of quaternary nitrogens is 1. The molecule has 0 saturated heterocycles. The minimum absolute atomic E-state index is 0.0280. The van der Waals surface area contributed by atoms with Crippen LogP contribution in [0.15, 0.2) is 36.5 Å². The van der Waals surface area contributed by atoms with Gasteiger partial charge in [-0.2, -0.15) is 0 Å². The van der Waals surface area contributed by atoms with Crippen LogP contribution < -0.4 is 0 Å². The molecular weight excluding hydrogens is 774 g/mol. The van der Waals surface area contributed by atoms with Crippen molar-refractivity contribution in [1.82, 2.24) is 0 Å². The van der Waals surface area contributed by atoms with Crippen molar-refractivity contribution < 1.29 is 42.1 Å². The van der Waals surface area contributed by atoms with Gasteiger partial charge < -0.3 is 18.9 Å². The number of hydrogen-bond acceptors (Lipinski definition) is 7. The lowest BCUT2D eigenvalue weighted by molar-refractivity contribution is -0.870. The van der Waals surface area contributed by atoms with Crippen LogP contribution in [0.1, 0.15) is 219 Å². The highest BCUT2D eigenvalue weighted by molar-refractivity contribution is 7.47. The van der Waals surface area contributed by atoms with E-state index in [2.05, 4.69) is 38.2 Å². The third-order valence-electron chi connectivity index (χ3n) is 10.7. The summed E-state index contributed by atoms with van der Waals surface area (Å²) in [7, 11) is 1.47. The summed E-state index contributed by atoms with van der Waals surface area (Å²) in [5, 5.41) is 0. The number of rotatable bonds is 45. The molecule has 0 heterocycles. The van der Waals surface area contributed by atoms with Crippen LogP contribution in [0.4, 0.5) is 0 Å². The van der Waals surface area contributed by atoms with Crippen LogP contribution in [0.5, 0.6) is 0 Å². The molecule has 2 atom stereocenters. The molecule has 9 nitrogen and oxygen atoms in total. The first-order chi connectivity index (χ1) is 29.0. The minimum Gasteiger partial charge on any atom is -0.462 e. The molecule has 0 radical (unpaired) electrons. The number of esters is 2. The molecule has 0 bridgehead atoms. The van der Waals surface area contributed by atoms with Gasteiger partial charge in [-0.1, -0.05) is 211 Å². The zero-order valence-electron chi connectivity index (χ0n) is 39.7. The van der Waals surface area contributed by atoms with E-state index < -0.39 is 26.5 Å². The number of phosphoric ester groups is 1. The lowest BCUT2D eigenvalue weighted by Crippen LogP contribution is -2.37. The standard InChI is InChI=1S/C50H94NO8P/c1-6-8-10-12-14-16-18-20-21-22-23-24-25-26-27-28-29-31-32-34-36-38-40-42-49(52)56-46-48(47-58-60(54,55)57-45-44-51(3,4)5)59-50(53)43-41-39-37-35-33-30-19-17-15-13-11-9-7-2/h9,11,13,15,17,19,48H,6-8,10,12,14,16,18,20-47H2,1-5H3/p+1/b11-9+,15-13+,19-17+. The number of nitrogens with zero attached hydrogens (tertiary/aromatic N) is 1. The molecule has 0 aliphatic rings. The van der Waals surface area contributed by atoms with E-state index in [1.54, 1.807) is 0 Å². The quantitative estimate of drug-likeness (QED) is 0.0212. The van der Waals surface area contributed by atoms with Crippen molar-refractivity contribution in [3.63, 3.8) is 0 Å². The molecule has 0 fully saturated rings. The van der Waals surface area contributed by atoms with Crippen LogP contribution in [0.2, 0.25) is 0 Å². The van der Waals surface area contributed by atoms with Crippen molar-refractivity contribution in [3.8, 4) is 0 Å². The van der Waals surface area contributed by atoms with Crippen LogP contribution in [0.25, 0.3) is 0 Å². The van der Waals surface area contributed by atoms with Crippen molar-refractivity contribution in [2.75, 3.05) is 47.5 Å². The first-order valence-electron chi connectivity index (χ1n) is 24.7. The first-order valence-corrected chi connectivity index (χ1v) is 26.2. The summed E-state index contributed by atoms with van der Waals surface area (Å²) in [5.74, 6) is -0.815. The first kappa shape index (κ1) is 58.2. The van der Waals surface area contributed by atoms with Gasteiger partial charge in [-0.15, -0.1) is 0 Å². The molecule has 0 rings (SSSR count). The number of likely N-dealkylation sites (N-methyl/N-ethyl adjacent to an activating group) is 1. The van der Waals surface area contributed by atoms with E-state index in [1.807, 2.05) is 33.3 Å². The molecule has 352 valence electrons. The minimum atomic E-state index is -4.38. The molecule has 0 aliphatic carbocycles. The molecule has 0 spiro atoms. The van der Waals surface area contributed by atoms with Crippen molar-refractivity contribution in [2.24, 2.45) is 0 Å². The summed E-state index contributed by atoms with van der Waals surface area (Å²) in [5.41, 5.74) is 0. The number of ether oxygens (including phenoxy) is 2. The Morgan fingerprint density at radius 1 is 0.533 bits per heavy atom. The molecule has 0 saturated carbocycles. The topological polar surface area (TPSA) is 108 Å². The summed E-state index contributed by atoms with van der Waals surface area (Å²) in [6, 6.07) is 0. The van der Waals surface area contributed by atoms with Crippen LogP contribution >= 0.6 is 7.82 Å². The highest BCUT2D eigenvalue weighted by atomic mass is 31.2. The van der Waals surface area contributed by atoms with E-state index >= 15 is 0 Å². The molecule has 0 aliphatic heterocycles. The number of carbonyl (C=O) groups is 2. The van der Waals surface area contributed by atoms with Gasteiger partial charge in [0.15, 0.2) is 6.10 Å². The highest BCUT2D eigenvalue weighted by Crippen LogP contribution is 2.43. The number of unbranched alkanes of at least 4 members (excludes halogenated alkanes) is 27. The monoisotopic (exact) mass is 869 g/mol. The van der Waals surface area contributed by atoms with Gasteiger partial charge in [-0.05, 0) is 32.1 Å². The lowest BCUT2D eigenvalue weighted by atomic mass is 10.0. The van der Waals surface area contributed by atoms with Crippen LogP contribution in [0.3, 0.4) is 0 Å². The Balaban J connectivity index is 4.17. The summed E-state index contributed by atoms with van der Waals surface area (Å²) >= 11 is 0. The third-order valence-corrected chi connectivity index (χ3v) is 11.7. The second-order valence-electron chi connectivity index (χ2n) is 17.9. The molecule has 2 unspecified atom stereocenters. The van der Waals surface area contributed by atoms with Gasteiger partial charge in [0.1, 0.15) is 19.8 Å². The molecule has 10 heteroatoms. The van der Waals surface area contributed by atoms with Gasteiger partial charge in [0.05, 0.1) is 27.7 Å². The Morgan fingerprint density at radius 2 is 0.950 bits per heavy atom. The Kier molecular flexibility index (Phi) is 41.3. The van der Waals surface area contributed by atoms with E-state index in [4.69, 9.17) is 18.5 Å². The van der Waals surface area contributed by atoms with Gasteiger partial charge in [0, 0.05) is 12.8 Å². The van der Waals surface area contributed by atoms with Crippen molar-refractivity contribution >= 4 is 19.8 Å². The van der Waals surface area contributed by atoms with Gasteiger partial charge in [0.2, 0.25) is 0 Å². The summed E-state index contributed by atoms with van der Waals surface area (Å²) in [4.78, 5) is 35.4. The SMILES string of the molecule is CC/C=C/C=C/C=C/CCCCCCCC(=O)OC(COC(=O)CCCCCCCCCCCCCCCCCCCCCCCCC)COP(=O)(O)OCC[N+](C)(C)C. The maximum atomic E-state index is 12.7. The summed E-state index contributed by atoms with van der Waals surface area (Å²) in [6.45, 7) is 4.29. The average Bonchev–Trinajstić information content (AvgIpc) is 3.20. The Labute approximate surface area is 370 Å². The number of carbonyl (C=O) groups excluding carboxylic acids is 2. The van der Waals surface area contributed by atoms with E-state index in [1.165, 1.54) is 128 Å². The maximum Gasteiger partial charge on any atom is 0.472 e. The molecule has 0 aromatic heterocycles. The fourth-order valence-electron chi connectivity index (χ4n) is 6.90. The van der Waals surface area contributed by atoms with Crippen molar-refractivity contribution in [3.05, 3.63) is 36.5 Å². The second kappa shape index (κ2) is 42.5. The largest absolute Gasteiger partial charge is 0.472 e. The average molecular weight is 869 g/mol. The van der Waals surface area contributed by atoms with Gasteiger partial charge in [-0.3, -0.25) is 18.6 Å². The fraction of sp³-hybridized carbons (Fsp3) is 0.840. The number of allylic oxidation sites excluding steroid dienone is 6. The molecule has 60 heavy (non-hydrogen) atoms. The summed E-state index contributed by atoms with van der Waals surface area (Å²) < 4.78 is 34.4. The van der Waals surface area contributed by atoms with E-state index in [9.17, 15) is 19.0 Å². The van der Waals surface area contributed by atoms with Crippen LogP contribution in [-0.4, -0.2) is 74.9 Å². The number of hydrogen-bond donors (Lipinski definition) is 1. The molecule has 0 amide bonds. The highest BCUT2D eigenvalue weighted by Gasteiger charge is 2.27. The smallest absolute Gasteiger partial charge is 0.462 e. The predicted molar refractivity (Wildman–Crippen MR) is 252 cm³/mol. The lowest BCUT2D eigenvalue weighted by Gasteiger charge is -2.24. The van der Waals surface area contributed by atoms with E-state index in [-0.39, 0.29) is 32.0 Å². The van der Waals surface area contributed by atoms with Crippen LogP contribution in [0, 0.1) is 0 Å². The summed E-state index contributed by atoms with van der Waals surface area (Å²) in [6.07, 6.45) is 49.2. The Bertz CT molecular complexity index is 1120. The normalized spacial score (nSPS) is 13.8. The Morgan fingerprint density at radius 3 is 1.40 bits per heavy atom. The molecule has 0 aromatic rings. The number of phosphoric acid groups is 1. The molecular formula is C50H95NO8P+. The maximum absolute atomic E-state index is 12.7. The Hall–Kier alpha value is -1.77.